The van der Waals surface area contributed by atoms with Gasteiger partial charge in [-0.15, -0.1) is 0 Å². The highest BCUT2D eigenvalue weighted by Crippen LogP contribution is 2.21. The fourth-order valence-electron chi connectivity index (χ4n) is 2.82. The van der Waals surface area contributed by atoms with Crippen LogP contribution in [-0.4, -0.2) is 50.3 Å². The number of hydrogen-bond acceptors (Lipinski definition) is 3. The van der Waals surface area contributed by atoms with Gasteiger partial charge in [-0.1, -0.05) is 18.5 Å². The van der Waals surface area contributed by atoms with E-state index in [9.17, 15) is 4.79 Å². The molecule has 1 aliphatic rings. The minimum Gasteiger partial charge on any atom is -0.378 e. The Bertz CT molecular complexity index is 531. The largest absolute Gasteiger partial charge is 0.378 e. The monoisotopic (exact) mass is 353 g/mol. The Kier molecular flexibility index (Phi) is 7.82. The standard InChI is InChI=1S/C18H28ClN3O2/c1-3-14-13-15(19)5-6-17(14)21-18(23)20-9-4-12-24-16-7-10-22(2)11-8-16/h5-6,13,16H,3-4,7-12H2,1-2H3,(H2,20,21,23). The van der Waals surface area contributed by atoms with Crippen LogP contribution in [0.15, 0.2) is 18.2 Å². The molecule has 1 aromatic rings. The van der Waals surface area contributed by atoms with Crippen LogP contribution < -0.4 is 10.6 Å². The van der Waals surface area contributed by atoms with Gasteiger partial charge in [0.05, 0.1) is 6.10 Å². The van der Waals surface area contributed by atoms with Crippen molar-refractivity contribution in [3.05, 3.63) is 28.8 Å². The van der Waals surface area contributed by atoms with Crippen molar-refractivity contribution in [2.45, 2.75) is 38.7 Å². The first-order chi connectivity index (χ1) is 11.6. The van der Waals surface area contributed by atoms with Crippen LogP contribution in [0.2, 0.25) is 5.02 Å². The Morgan fingerprint density at radius 3 is 2.83 bits per heavy atom. The molecule has 2 rings (SSSR count). The molecule has 0 radical (unpaired) electrons. The molecule has 24 heavy (non-hydrogen) atoms. The molecular weight excluding hydrogens is 326 g/mol. The van der Waals surface area contributed by atoms with E-state index < -0.39 is 0 Å². The van der Waals surface area contributed by atoms with Gasteiger partial charge in [0, 0.05) is 37.0 Å². The van der Waals surface area contributed by atoms with Gasteiger partial charge in [0.15, 0.2) is 0 Å². The zero-order valence-electron chi connectivity index (χ0n) is 14.6. The van der Waals surface area contributed by atoms with Crippen molar-refractivity contribution in [2.75, 3.05) is 38.6 Å². The van der Waals surface area contributed by atoms with Crippen LogP contribution in [0.3, 0.4) is 0 Å². The van der Waals surface area contributed by atoms with Crippen LogP contribution in [0.1, 0.15) is 31.7 Å². The number of rotatable bonds is 7. The minimum absolute atomic E-state index is 0.189. The maximum Gasteiger partial charge on any atom is 0.319 e. The summed E-state index contributed by atoms with van der Waals surface area (Å²) in [5.41, 5.74) is 1.84. The number of piperidine rings is 1. The highest BCUT2D eigenvalue weighted by atomic mass is 35.5. The molecule has 0 unspecified atom stereocenters. The molecule has 5 nitrogen and oxygen atoms in total. The van der Waals surface area contributed by atoms with Gasteiger partial charge in [-0.25, -0.2) is 4.79 Å². The number of hydrogen-bond donors (Lipinski definition) is 2. The van der Waals surface area contributed by atoms with Crippen LogP contribution in [0.4, 0.5) is 10.5 Å². The zero-order chi connectivity index (χ0) is 17.4. The van der Waals surface area contributed by atoms with E-state index in [-0.39, 0.29) is 6.03 Å². The Morgan fingerprint density at radius 1 is 1.38 bits per heavy atom. The van der Waals surface area contributed by atoms with E-state index >= 15 is 0 Å². The second-order valence-electron chi connectivity index (χ2n) is 6.26. The smallest absolute Gasteiger partial charge is 0.319 e. The van der Waals surface area contributed by atoms with E-state index in [0.29, 0.717) is 24.3 Å². The molecule has 1 fully saturated rings. The molecule has 0 aromatic heterocycles. The van der Waals surface area contributed by atoms with Crippen molar-refractivity contribution >= 4 is 23.3 Å². The Labute approximate surface area is 149 Å². The lowest BCUT2D eigenvalue weighted by molar-refractivity contribution is 0.0118. The summed E-state index contributed by atoms with van der Waals surface area (Å²) in [7, 11) is 2.14. The van der Waals surface area contributed by atoms with Crippen molar-refractivity contribution in [1.29, 1.82) is 0 Å². The van der Waals surface area contributed by atoms with E-state index in [1.165, 1.54) is 0 Å². The number of aryl methyl sites for hydroxylation is 1. The number of carbonyl (C=O) groups excluding carboxylic acids is 1. The fourth-order valence-corrected chi connectivity index (χ4v) is 3.01. The van der Waals surface area contributed by atoms with Crippen molar-refractivity contribution in [2.24, 2.45) is 0 Å². The van der Waals surface area contributed by atoms with E-state index in [1.54, 1.807) is 6.07 Å². The van der Waals surface area contributed by atoms with Crippen LogP contribution in [0.5, 0.6) is 0 Å². The van der Waals surface area contributed by atoms with E-state index in [4.69, 9.17) is 16.3 Å². The number of halogens is 1. The van der Waals surface area contributed by atoms with Gasteiger partial charge in [-0.05, 0) is 56.5 Å². The second-order valence-corrected chi connectivity index (χ2v) is 6.70. The molecule has 0 bridgehead atoms. The van der Waals surface area contributed by atoms with Gasteiger partial charge in [0.1, 0.15) is 0 Å². The number of anilines is 1. The number of likely N-dealkylation sites (tertiary alicyclic amines) is 1. The van der Waals surface area contributed by atoms with Gasteiger partial charge in [0.2, 0.25) is 0 Å². The van der Waals surface area contributed by atoms with Crippen LogP contribution >= 0.6 is 11.6 Å². The summed E-state index contributed by atoms with van der Waals surface area (Å²) in [5.74, 6) is 0. The Hall–Kier alpha value is -1.30. The minimum atomic E-state index is -0.189. The average Bonchev–Trinajstić information content (AvgIpc) is 2.57. The number of carbonyl (C=O) groups is 1. The second kappa shape index (κ2) is 9.87. The lowest BCUT2D eigenvalue weighted by atomic mass is 10.1. The number of benzene rings is 1. The molecule has 134 valence electrons. The molecule has 0 aliphatic carbocycles. The first kappa shape index (κ1) is 19.0. The first-order valence-corrected chi connectivity index (χ1v) is 9.09. The molecule has 0 saturated carbocycles. The van der Waals surface area contributed by atoms with Gasteiger partial charge in [-0.3, -0.25) is 0 Å². The third-order valence-corrected chi connectivity index (χ3v) is 4.56. The van der Waals surface area contributed by atoms with E-state index in [2.05, 4.69) is 22.6 Å². The topological polar surface area (TPSA) is 53.6 Å². The molecule has 1 aliphatic heterocycles. The van der Waals surface area contributed by atoms with Gasteiger partial charge < -0.3 is 20.3 Å². The normalized spacial score (nSPS) is 16.1. The summed E-state index contributed by atoms with van der Waals surface area (Å²) in [6, 6.07) is 5.31. The van der Waals surface area contributed by atoms with Crippen LogP contribution in [-0.2, 0) is 11.2 Å². The SMILES string of the molecule is CCc1cc(Cl)ccc1NC(=O)NCCCOC1CCN(C)CC1. The molecule has 2 N–H and O–H groups in total. The molecule has 0 atom stereocenters. The highest BCUT2D eigenvalue weighted by Gasteiger charge is 2.16. The fraction of sp³-hybridized carbons (Fsp3) is 0.611. The van der Waals surface area contributed by atoms with Crippen molar-refractivity contribution in [3.63, 3.8) is 0 Å². The molecular formula is C18H28ClN3O2. The Balaban J connectivity index is 1.61. The third-order valence-electron chi connectivity index (χ3n) is 4.32. The van der Waals surface area contributed by atoms with Gasteiger partial charge in [0.25, 0.3) is 0 Å². The summed E-state index contributed by atoms with van der Waals surface area (Å²) in [6.45, 7) is 5.54. The van der Waals surface area contributed by atoms with E-state index in [1.807, 2.05) is 19.1 Å². The predicted octanol–water partition coefficient (Wildman–Crippen LogP) is 3.52. The molecule has 1 heterocycles. The lowest BCUT2D eigenvalue weighted by Gasteiger charge is -2.28. The van der Waals surface area contributed by atoms with Gasteiger partial charge >= 0.3 is 6.03 Å². The summed E-state index contributed by atoms with van der Waals surface area (Å²) in [6.07, 6.45) is 4.21. The third kappa shape index (κ3) is 6.30. The van der Waals surface area contributed by atoms with Gasteiger partial charge in [-0.2, -0.15) is 0 Å². The van der Waals surface area contributed by atoms with E-state index in [0.717, 1.165) is 50.0 Å². The van der Waals surface area contributed by atoms with Crippen molar-refractivity contribution in [3.8, 4) is 0 Å². The maximum absolute atomic E-state index is 12.0. The number of nitrogens with zero attached hydrogens (tertiary/aromatic N) is 1. The average molecular weight is 354 g/mol. The van der Waals surface area contributed by atoms with Crippen LogP contribution in [0.25, 0.3) is 0 Å². The predicted molar refractivity (Wildman–Crippen MR) is 98.9 cm³/mol. The number of ether oxygens (including phenoxy) is 1. The highest BCUT2D eigenvalue weighted by molar-refractivity contribution is 6.30. The maximum atomic E-state index is 12.0. The van der Waals surface area contributed by atoms with Crippen molar-refractivity contribution < 1.29 is 9.53 Å². The summed E-state index contributed by atoms with van der Waals surface area (Å²) >= 11 is 5.98. The molecule has 0 spiro atoms. The number of amides is 2. The summed E-state index contributed by atoms with van der Waals surface area (Å²) in [5, 5.41) is 6.43. The summed E-state index contributed by atoms with van der Waals surface area (Å²) in [4.78, 5) is 14.3. The quantitative estimate of drug-likeness (QED) is 0.737. The summed E-state index contributed by atoms with van der Waals surface area (Å²) < 4.78 is 5.87. The first-order valence-electron chi connectivity index (χ1n) is 8.72. The number of urea groups is 1. The number of nitrogens with one attached hydrogen (secondary N) is 2. The zero-order valence-corrected chi connectivity index (χ0v) is 15.4. The molecule has 6 heteroatoms. The van der Waals surface area contributed by atoms with Crippen LogP contribution in [0, 0.1) is 0 Å². The Morgan fingerprint density at radius 2 is 2.12 bits per heavy atom. The molecule has 2 amide bonds. The molecule has 1 saturated heterocycles. The molecule has 1 aromatic carbocycles. The van der Waals surface area contributed by atoms with Crippen molar-refractivity contribution in [1.82, 2.24) is 10.2 Å². The lowest BCUT2D eigenvalue weighted by Crippen LogP contribution is -2.35.